The molecule has 2 aromatic carbocycles. The van der Waals surface area contributed by atoms with Crippen molar-refractivity contribution in [2.45, 2.75) is 18.0 Å². The first-order valence-electron chi connectivity index (χ1n) is 7.54. The largest absolute Gasteiger partial charge is 0.436 e. The molecule has 0 amide bonds. The molecule has 0 unspecified atom stereocenters. The van der Waals surface area contributed by atoms with Crippen molar-refractivity contribution in [2.75, 3.05) is 0 Å². The highest BCUT2D eigenvalue weighted by Gasteiger charge is 2.39. The topological polar surface area (TPSA) is 78.0 Å². The predicted octanol–water partition coefficient (Wildman–Crippen LogP) is 4.28. The van der Waals surface area contributed by atoms with E-state index in [9.17, 15) is 21.6 Å². The van der Waals surface area contributed by atoms with Gasteiger partial charge in [-0.25, -0.2) is 18.2 Å². The molecular formula is C17H13BrF3N3O2S. The van der Waals surface area contributed by atoms with E-state index in [0.717, 1.165) is 10.2 Å². The van der Waals surface area contributed by atoms with Crippen LogP contribution in [-0.2, 0) is 16.2 Å². The number of sulfonamides is 1. The summed E-state index contributed by atoms with van der Waals surface area (Å²) in [6, 6.07) is 12.0. The molecule has 27 heavy (non-hydrogen) atoms. The van der Waals surface area contributed by atoms with Crippen LogP contribution in [0.5, 0.6) is 0 Å². The highest BCUT2D eigenvalue weighted by molar-refractivity contribution is 9.10. The van der Waals surface area contributed by atoms with Crippen LogP contribution in [0.3, 0.4) is 0 Å². The van der Waals surface area contributed by atoms with Gasteiger partial charge in [-0.05, 0) is 47.1 Å². The minimum Gasteiger partial charge on any atom is -0.231 e. The van der Waals surface area contributed by atoms with Crippen LogP contribution in [0, 0.1) is 6.92 Å². The van der Waals surface area contributed by atoms with Gasteiger partial charge in [0.2, 0.25) is 10.0 Å². The summed E-state index contributed by atoms with van der Waals surface area (Å²) in [6.45, 7) is 1.86. The summed E-state index contributed by atoms with van der Waals surface area (Å²) in [5.74, 6) is 0. The predicted molar refractivity (Wildman–Crippen MR) is 97.8 cm³/mol. The van der Waals surface area contributed by atoms with Gasteiger partial charge in [-0.2, -0.15) is 18.3 Å². The number of halogens is 4. The van der Waals surface area contributed by atoms with Crippen LogP contribution in [0.2, 0.25) is 0 Å². The quantitative estimate of drug-likeness (QED) is 0.634. The minimum absolute atomic E-state index is 0.148. The van der Waals surface area contributed by atoms with Gasteiger partial charge in [0.25, 0.3) is 0 Å². The van der Waals surface area contributed by atoms with Crippen molar-refractivity contribution in [3.63, 3.8) is 0 Å². The lowest BCUT2D eigenvalue weighted by Gasteiger charge is -2.09. The van der Waals surface area contributed by atoms with Crippen molar-refractivity contribution in [3.8, 4) is 16.9 Å². The van der Waals surface area contributed by atoms with Gasteiger partial charge in [0.15, 0.2) is 5.69 Å². The zero-order chi connectivity index (χ0) is 20.0. The third-order valence-corrected chi connectivity index (χ3v) is 5.51. The molecule has 5 nitrogen and oxygen atoms in total. The number of alkyl halides is 3. The summed E-state index contributed by atoms with van der Waals surface area (Å²) in [7, 11) is -3.91. The van der Waals surface area contributed by atoms with Gasteiger partial charge in [-0.3, -0.25) is 0 Å². The van der Waals surface area contributed by atoms with Gasteiger partial charge in [-0.15, -0.1) is 0 Å². The van der Waals surface area contributed by atoms with Crippen molar-refractivity contribution >= 4 is 26.0 Å². The van der Waals surface area contributed by atoms with E-state index < -0.39 is 21.9 Å². The molecule has 1 aromatic heterocycles. The fourth-order valence-electron chi connectivity index (χ4n) is 2.50. The number of nitrogens with zero attached hydrogens (tertiary/aromatic N) is 2. The highest BCUT2D eigenvalue weighted by Crippen LogP contribution is 2.41. The average Bonchev–Trinajstić information content (AvgIpc) is 2.92. The lowest BCUT2D eigenvalue weighted by molar-refractivity contribution is -0.141. The molecule has 0 bridgehead atoms. The number of rotatable bonds is 3. The molecule has 0 spiro atoms. The lowest BCUT2D eigenvalue weighted by Crippen LogP contribution is -2.12. The molecule has 0 fully saturated rings. The van der Waals surface area contributed by atoms with E-state index >= 15 is 0 Å². The van der Waals surface area contributed by atoms with Crippen LogP contribution in [0.1, 0.15) is 11.3 Å². The molecule has 2 N–H and O–H groups in total. The molecule has 0 atom stereocenters. The first-order chi connectivity index (χ1) is 12.5. The van der Waals surface area contributed by atoms with E-state index in [1.807, 2.05) is 6.92 Å². The Morgan fingerprint density at radius 1 is 1.04 bits per heavy atom. The third kappa shape index (κ3) is 3.92. The summed E-state index contributed by atoms with van der Waals surface area (Å²) in [5, 5.41) is 8.77. The Labute approximate surface area is 161 Å². The maximum Gasteiger partial charge on any atom is 0.436 e. The van der Waals surface area contributed by atoms with Crippen LogP contribution < -0.4 is 5.14 Å². The molecule has 1 heterocycles. The molecule has 0 saturated heterocycles. The Hall–Kier alpha value is -2.17. The monoisotopic (exact) mass is 459 g/mol. The number of nitrogens with two attached hydrogens (primary N) is 1. The van der Waals surface area contributed by atoms with Gasteiger partial charge in [-0.1, -0.05) is 29.8 Å². The van der Waals surface area contributed by atoms with Gasteiger partial charge in [0.1, 0.15) is 0 Å². The molecule has 0 radical (unpaired) electrons. The van der Waals surface area contributed by atoms with E-state index in [1.165, 1.54) is 24.3 Å². The number of aromatic nitrogens is 2. The Morgan fingerprint density at radius 3 is 2.07 bits per heavy atom. The summed E-state index contributed by atoms with van der Waals surface area (Å²) in [6.07, 6.45) is -4.66. The van der Waals surface area contributed by atoms with Crippen molar-refractivity contribution in [1.29, 1.82) is 0 Å². The fraction of sp³-hybridized carbons (Fsp3) is 0.118. The Morgan fingerprint density at radius 2 is 1.59 bits per heavy atom. The standard InChI is InChI=1S/C17H13BrF3N3O2S/c1-10-2-4-11(5-3-10)15-14(18)16(17(19,20)21)23-24(15)12-6-8-13(9-7-12)27(22,25)26/h2-9H,1H3,(H2,22,25,26). The van der Waals surface area contributed by atoms with Crippen molar-refractivity contribution in [3.05, 3.63) is 64.3 Å². The van der Waals surface area contributed by atoms with Crippen LogP contribution in [0.25, 0.3) is 16.9 Å². The zero-order valence-corrected chi connectivity index (χ0v) is 16.2. The Balaban J connectivity index is 2.24. The van der Waals surface area contributed by atoms with Crippen LogP contribution in [-0.4, -0.2) is 18.2 Å². The van der Waals surface area contributed by atoms with Gasteiger partial charge >= 0.3 is 6.18 Å². The lowest BCUT2D eigenvalue weighted by atomic mass is 10.1. The van der Waals surface area contributed by atoms with Crippen LogP contribution >= 0.6 is 15.9 Å². The van der Waals surface area contributed by atoms with Crippen LogP contribution in [0.15, 0.2) is 57.9 Å². The first-order valence-corrected chi connectivity index (χ1v) is 9.88. The maximum absolute atomic E-state index is 13.4. The fourth-order valence-corrected chi connectivity index (χ4v) is 3.72. The molecule has 0 saturated carbocycles. The van der Waals surface area contributed by atoms with Crippen LogP contribution in [0.4, 0.5) is 13.2 Å². The SMILES string of the molecule is Cc1ccc(-c2c(Br)c(C(F)(F)F)nn2-c2ccc(S(N)(=O)=O)cc2)cc1. The molecular weight excluding hydrogens is 447 g/mol. The smallest absolute Gasteiger partial charge is 0.231 e. The van der Waals surface area contributed by atoms with E-state index in [4.69, 9.17) is 5.14 Å². The molecule has 142 valence electrons. The zero-order valence-electron chi connectivity index (χ0n) is 13.8. The number of primary sulfonamides is 1. The Kier molecular flexibility index (Phi) is 4.91. The third-order valence-electron chi connectivity index (χ3n) is 3.83. The molecule has 3 aromatic rings. The highest BCUT2D eigenvalue weighted by atomic mass is 79.9. The van der Waals surface area contributed by atoms with Gasteiger partial charge in [0.05, 0.1) is 20.7 Å². The molecule has 0 aliphatic carbocycles. The summed E-state index contributed by atoms with van der Waals surface area (Å²) >= 11 is 3.02. The average molecular weight is 460 g/mol. The molecule has 0 aliphatic rings. The van der Waals surface area contributed by atoms with E-state index in [-0.39, 0.29) is 20.7 Å². The van der Waals surface area contributed by atoms with E-state index in [1.54, 1.807) is 24.3 Å². The second-order valence-electron chi connectivity index (χ2n) is 5.83. The number of benzene rings is 2. The summed E-state index contributed by atoms with van der Waals surface area (Å²) in [5.41, 5.74) is 0.855. The van der Waals surface area contributed by atoms with Gasteiger partial charge in [0, 0.05) is 5.56 Å². The summed E-state index contributed by atoms with van der Waals surface area (Å²) in [4.78, 5) is -0.148. The van der Waals surface area contributed by atoms with Gasteiger partial charge < -0.3 is 0 Å². The molecule has 3 rings (SSSR count). The van der Waals surface area contributed by atoms with Crippen molar-refractivity contribution in [2.24, 2.45) is 5.14 Å². The van der Waals surface area contributed by atoms with E-state index in [2.05, 4.69) is 21.0 Å². The molecule has 10 heteroatoms. The second-order valence-corrected chi connectivity index (χ2v) is 8.18. The number of hydrogen-bond acceptors (Lipinski definition) is 3. The molecule has 0 aliphatic heterocycles. The van der Waals surface area contributed by atoms with Crippen molar-refractivity contribution in [1.82, 2.24) is 9.78 Å². The normalized spacial score (nSPS) is 12.4. The summed E-state index contributed by atoms with van der Waals surface area (Å²) < 4.78 is 63.8. The maximum atomic E-state index is 13.4. The second kappa shape index (κ2) is 6.77. The van der Waals surface area contributed by atoms with E-state index in [0.29, 0.717) is 5.56 Å². The minimum atomic E-state index is -4.66. The number of hydrogen-bond donors (Lipinski definition) is 1. The number of aryl methyl sites for hydroxylation is 1. The Bertz CT molecular complexity index is 1090. The van der Waals surface area contributed by atoms with Crippen molar-refractivity contribution < 1.29 is 21.6 Å². The first kappa shape index (κ1) is 19.6.